The van der Waals surface area contributed by atoms with Crippen LogP contribution in [0, 0.1) is 0 Å². The first-order valence-electron chi connectivity index (χ1n) is 6.00. The average molecular weight is 305 g/mol. The Bertz CT molecular complexity index is 744. The van der Waals surface area contributed by atoms with Crippen LogP contribution in [0.5, 0.6) is 11.8 Å². The molecule has 0 aliphatic rings. The van der Waals surface area contributed by atoms with Gasteiger partial charge in [0, 0.05) is 33.8 Å². The van der Waals surface area contributed by atoms with E-state index in [1.807, 2.05) is 30.3 Å². The standard InChI is InChI=1S/C15H10Cl2N2O/c16-7-10-8-18-15(19-9-10)20-14-6-5-13(17)11-3-1-2-4-12(11)14/h1-6,8-9H,7H2. The second-order valence-corrected chi connectivity index (χ2v) is 4.88. The summed E-state index contributed by atoms with van der Waals surface area (Å²) in [5, 5.41) is 2.54. The zero-order valence-corrected chi connectivity index (χ0v) is 11.9. The molecular formula is C15H10Cl2N2O. The highest BCUT2D eigenvalue weighted by atomic mass is 35.5. The summed E-state index contributed by atoms with van der Waals surface area (Å²) in [5.41, 5.74) is 0.847. The molecule has 0 bridgehead atoms. The molecule has 1 heterocycles. The van der Waals surface area contributed by atoms with E-state index < -0.39 is 0 Å². The van der Waals surface area contributed by atoms with Crippen molar-refractivity contribution in [2.75, 3.05) is 0 Å². The molecule has 20 heavy (non-hydrogen) atoms. The maximum absolute atomic E-state index is 6.17. The Kier molecular flexibility index (Phi) is 3.72. The number of nitrogens with zero attached hydrogens (tertiary/aromatic N) is 2. The fourth-order valence-electron chi connectivity index (χ4n) is 1.89. The summed E-state index contributed by atoms with van der Waals surface area (Å²) in [5.74, 6) is 1.05. The van der Waals surface area contributed by atoms with Gasteiger partial charge in [0.2, 0.25) is 0 Å². The fourth-order valence-corrected chi connectivity index (χ4v) is 2.25. The Morgan fingerprint density at radius 3 is 2.35 bits per heavy atom. The molecule has 5 heteroatoms. The van der Waals surface area contributed by atoms with Crippen molar-refractivity contribution in [3.8, 4) is 11.8 Å². The van der Waals surface area contributed by atoms with Crippen molar-refractivity contribution in [3.63, 3.8) is 0 Å². The van der Waals surface area contributed by atoms with Gasteiger partial charge >= 0.3 is 6.01 Å². The summed E-state index contributed by atoms with van der Waals surface area (Å²) >= 11 is 11.9. The third-order valence-electron chi connectivity index (χ3n) is 2.87. The minimum absolute atomic E-state index is 0.284. The summed E-state index contributed by atoms with van der Waals surface area (Å²) in [6.07, 6.45) is 3.29. The number of rotatable bonds is 3. The van der Waals surface area contributed by atoms with Crippen LogP contribution >= 0.6 is 23.2 Å². The summed E-state index contributed by atoms with van der Waals surface area (Å²) in [7, 11) is 0. The lowest BCUT2D eigenvalue weighted by Crippen LogP contribution is -1.93. The van der Waals surface area contributed by atoms with Gasteiger partial charge in [0.15, 0.2) is 0 Å². The van der Waals surface area contributed by atoms with Crippen molar-refractivity contribution in [1.82, 2.24) is 9.97 Å². The first kappa shape index (κ1) is 13.2. The van der Waals surface area contributed by atoms with E-state index in [4.69, 9.17) is 27.9 Å². The van der Waals surface area contributed by atoms with E-state index in [1.165, 1.54) is 0 Å². The van der Waals surface area contributed by atoms with Crippen LogP contribution in [0.1, 0.15) is 5.56 Å². The van der Waals surface area contributed by atoms with Crippen molar-refractivity contribution >= 4 is 34.0 Å². The molecule has 0 atom stereocenters. The van der Waals surface area contributed by atoms with E-state index >= 15 is 0 Å². The third kappa shape index (κ3) is 2.55. The molecule has 0 saturated heterocycles. The minimum Gasteiger partial charge on any atom is -0.424 e. The molecule has 3 nitrogen and oxygen atoms in total. The number of fused-ring (bicyclic) bond motifs is 1. The van der Waals surface area contributed by atoms with Crippen molar-refractivity contribution in [2.24, 2.45) is 0 Å². The van der Waals surface area contributed by atoms with Gasteiger partial charge < -0.3 is 4.74 Å². The molecule has 0 unspecified atom stereocenters. The molecule has 0 aliphatic heterocycles. The summed E-state index contributed by atoms with van der Waals surface area (Å²) in [4.78, 5) is 8.25. The molecule has 3 rings (SSSR count). The van der Waals surface area contributed by atoms with Crippen molar-refractivity contribution in [1.29, 1.82) is 0 Å². The molecule has 1 aromatic heterocycles. The summed E-state index contributed by atoms with van der Waals surface area (Å²) in [6, 6.07) is 11.7. The number of benzene rings is 2. The zero-order valence-electron chi connectivity index (χ0n) is 10.4. The smallest absolute Gasteiger partial charge is 0.321 e. The van der Waals surface area contributed by atoms with E-state index in [0.29, 0.717) is 16.7 Å². The maximum Gasteiger partial charge on any atom is 0.321 e. The van der Waals surface area contributed by atoms with E-state index in [2.05, 4.69) is 9.97 Å². The van der Waals surface area contributed by atoms with E-state index in [1.54, 1.807) is 18.5 Å². The second-order valence-electron chi connectivity index (χ2n) is 4.20. The number of alkyl halides is 1. The van der Waals surface area contributed by atoms with Gasteiger partial charge in [-0.25, -0.2) is 9.97 Å². The molecule has 0 spiro atoms. The Balaban J connectivity index is 2.00. The van der Waals surface area contributed by atoms with Crippen molar-refractivity contribution in [2.45, 2.75) is 5.88 Å². The highest BCUT2D eigenvalue weighted by molar-refractivity contribution is 6.35. The second kappa shape index (κ2) is 5.65. The Labute approximate surface area is 126 Å². The van der Waals surface area contributed by atoms with Gasteiger partial charge in [0.1, 0.15) is 5.75 Å². The molecule has 3 aromatic rings. The Morgan fingerprint density at radius 1 is 0.950 bits per heavy atom. The maximum atomic E-state index is 6.17. The van der Waals surface area contributed by atoms with Crippen LogP contribution < -0.4 is 4.74 Å². The fraction of sp³-hybridized carbons (Fsp3) is 0.0667. The summed E-state index contributed by atoms with van der Waals surface area (Å²) < 4.78 is 5.72. The normalized spacial score (nSPS) is 10.7. The number of hydrogen-bond donors (Lipinski definition) is 0. The predicted molar refractivity (Wildman–Crippen MR) is 80.6 cm³/mol. The largest absolute Gasteiger partial charge is 0.424 e. The Hall–Kier alpha value is -1.84. The summed E-state index contributed by atoms with van der Waals surface area (Å²) in [6.45, 7) is 0. The number of ether oxygens (including phenoxy) is 1. The van der Waals surface area contributed by atoms with Gasteiger partial charge in [-0.1, -0.05) is 35.9 Å². The molecule has 0 N–H and O–H groups in total. The van der Waals surface area contributed by atoms with Gasteiger partial charge in [-0.05, 0) is 12.1 Å². The highest BCUT2D eigenvalue weighted by Crippen LogP contribution is 2.32. The van der Waals surface area contributed by atoms with E-state index in [9.17, 15) is 0 Å². The van der Waals surface area contributed by atoms with Gasteiger partial charge in [-0.15, -0.1) is 11.6 Å². The lowest BCUT2D eigenvalue weighted by atomic mass is 10.1. The molecule has 100 valence electrons. The van der Waals surface area contributed by atoms with Crippen LogP contribution in [0.3, 0.4) is 0 Å². The number of halogens is 2. The highest BCUT2D eigenvalue weighted by Gasteiger charge is 2.07. The van der Waals surface area contributed by atoms with Crippen LogP contribution in [0.2, 0.25) is 5.02 Å². The number of hydrogen-bond acceptors (Lipinski definition) is 3. The van der Waals surface area contributed by atoms with Crippen molar-refractivity contribution < 1.29 is 4.74 Å². The van der Waals surface area contributed by atoms with Gasteiger partial charge in [0.25, 0.3) is 0 Å². The topological polar surface area (TPSA) is 35.0 Å². The van der Waals surface area contributed by atoms with Crippen LogP contribution in [0.4, 0.5) is 0 Å². The monoisotopic (exact) mass is 304 g/mol. The van der Waals surface area contributed by atoms with Crippen LogP contribution in [0.25, 0.3) is 10.8 Å². The molecule has 2 aromatic carbocycles. The van der Waals surface area contributed by atoms with Crippen LogP contribution in [-0.2, 0) is 5.88 Å². The average Bonchev–Trinajstić information content (AvgIpc) is 2.51. The SMILES string of the molecule is ClCc1cnc(Oc2ccc(Cl)c3ccccc23)nc1. The van der Waals surface area contributed by atoms with Crippen LogP contribution in [-0.4, -0.2) is 9.97 Å². The van der Waals surface area contributed by atoms with Crippen molar-refractivity contribution in [3.05, 3.63) is 59.4 Å². The molecular weight excluding hydrogens is 295 g/mol. The van der Waals surface area contributed by atoms with E-state index in [-0.39, 0.29) is 6.01 Å². The quantitative estimate of drug-likeness (QED) is 0.651. The molecule has 0 saturated carbocycles. The van der Waals surface area contributed by atoms with Gasteiger partial charge in [-0.3, -0.25) is 0 Å². The molecule has 0 radical (unpaired) electrons. The predicted octanol–water partition coefficient (Wildman–Crippen LogP) is 4.81. The zero-order chi connectivity index (χ0) is 13.9. The lowest BCUT2D eigenvalue weighted by molar-refractivity contribution is 0.446. The van der Waals surface area contributed by atoms with Gasteiger partial charge in [0.05, 0.1) is 5.88 Å². The first-order valence-corrected chi connectivity index (χ1v) is 6.91. The minimum atomic E-state index is 0.284. The van der Waals surface area contributed by atoms with Gasteiger partial charge in [-0.2, -0.15) is 0 Å². The molecule has 0 amide bonds. The van der Waals surface area contributed by atoms with Crippen LogP contribution in [0.15, 0.2) is 48.8 Å². The molecule has 0 fully saturated rings. The lowest BCUT2D eigenvalue weighted by Gasteiger charge is -2.08. The van der Waals surface area contributed by atoms with E-state index in [0.717, 1.165) is 16.3 Å². The Morgan fingerprint density at radius 2 is 1.65 bits per heavy atom. The first-order chi connectivity index (χ1) is 9.78. The number of aromatic nitrogens is 2. The molecule has 0 aliphatic carbocycles. The third-order valence-corrected chi connectivity index (χ3v) is 3.51.